The van der Waals surface area contributed by atoms with Crippen molar-refractivity contribution >= 4 is 5.97 Å². The van der Waals surface area contributed by atoms with Crippen LogP contribution >= 0.6 is 0 Å². The number of ether oxygens (including phenoxy) is 1. The van der Waals surface area contributed by atoms with Gasteiger partial charge in [-0.2, -0.15) is 0 Å². The number of carbonyl (C=O) groups excluding carboxylic acids is 1. The number of para-hydroxylation sites is 1. The Balaban J connectivity index is 1.77. The average Bonchev–Trinajstić information content (AvgIpc) is 2.76. The second-order valence-corrected chi connectivity index (χ2v) is 8.55. The van der Waals surface area contributed by atoms with Crippen molar-refractivity contribution in [2.24, 2.45) is 0 Å². The van der Waals surface area contributed by atoms with Crippen LogP contribution in [0.2, 0.25) is 0 Å². The summed E-state index contributed by atoms with van der Waals surface area (Å²) in [5.74, 6) is 0.429. The largest absolute Gasteiger partial charge is 0.426 e. The molecule has 0 aliphatic heterocycles. The van der Waals surface area contributed by atoms with Gasteiger partial charge in [-0.3, -0.25) is 4.79 Å². The van der Waals surface area contributed by atoms with Gasteiger partial charge in [0.25, 0.3) is 0 Å². The number of hydrogen-bond donors (Lipinski definition) is 0. The number of unbranched alkanes of at least 4 members (excludes halogenated alkanes) is 16. The van der Waals surface area contributed by atoms with Gasteiger partial charge in [-0.15, -0.1) is 0 Å². The van der Waals surface area contributed by atoms with Gasteiger partial charge >= 0.3 is 5.97 Å². The van der Waals surface area contributed by atoms with Crippen molar-refractivity contribution in [1.29, 1.82) is 0 Å². The molecule has 0 atom stereocenters. The van der Waals surface area contributed by atoms with Gasteiger partial charge in [-0.1, -0.05) is 134 Å². The van der Waals surface area contributed by atoms with Crippen LogP contribution in [0.5, 0.6) is 5.75 Å². The molecule has 0 heterocycles. The molecule has 0 radical (unpaired) electrons. The second kappa shape index (κ2) is 20.7. The molecule has 0 spiro atoms. The highest BCUT2D eigenvalue weighted by Crippen LogP contribution is 2.14. The summed E-state index contributed by atoms with van der Waals surface area (Å²) in [6, 6.07) is 9.26. The predicted octanol–water partition coefficient (Wildman–Crippen LogP) is 9.19. The van der Waals surface area contributed by atoms with E-state index in [2.05, 4.69) is 13.0 Å². The second-order valence-electron chi connectivity index (χ2n) is 8.55. The van der Waals surface area contributed by atoms with Gasteiger partial charge in [0.2, 0.25) is 0 Å². The van der Waals surface area contributed by atoms with E-state index in [0.29, 0.717) is 12.2 Å². The Morgan fingerprint density at radius 1 is 0.667 bits per heavy atom. The minimum absolute atomic E-state index is 0.190. The summed E-state index contributed by atoms with van der Waals surface area (Å²) in [5.41, 5.74) is 0. The van der Waals surface area contributed by atoms with Crippen molar-refractivity contribution in [1.82, 2.24) is 0 Å². The van der Waals surface area contributed by atoms with E-state index in [1.165, 1.54) is 103 Å². The molecule has 0 unspecified atom stereocenters. The summed E-state index contributed by atoms with van der Waals surface area (Å²) >= 11 is 0. The van der Waals surface area contributed by atoms with Gasteiger partial charge in [-0.25, -0.2) is 0 Å². The Labute approximate surface area is 186 Å². The summed E-state index contributed by atoms with van der Waals surface area (Å²) in [5, 5.41) is 0. The van der Waals surface area contributed by atoms with Gasteiger partial charge < -0.3 is 4.74 Å². The van der Waals surface area contributed by atoms with Crippen LogP contribution in [0, 0.1) is 0 Å². The minimum Gasteiger partial charge on any atom is -0.426 e. The van der Waals surface area contributed by atoms with Gasteiger partial charge in [0.15, 0.2) is 0 Å². The standard InChI is InChI=1S/C28H46O2/c1-2-3-4-5-6-7-8-9-10-11-12-13-14-15-16-17-18-19-23-26-28(29)30-27-24-21-20-22-25-27/h19-25H,2-18,26H2,1H3/b23-19+. The van der Waals surface area contributed by atoms with Crippen LogP contribution in [0.4, 0.5) is 0 Å². The summed E-state index contributed by atoms with van der Waals surface area (Å²) in [6.07, 6.45) is 27.9. The maximum atomic E-state index is 11.7. The number of rotatable bonds is 20. The van der Waals surface area contributed by atoms with E-state index < -0.39 is 0 Å². The summed E-state index contributed by atoms with van der Waals surface area (Å²) in [6.45, 7) is 2.29. The summed E-state index contributed by atoms with van der Waals surface area (Å²) < 4.78 is 5.26. The monoisotopic (exact) mass is 414 g/mol. The minimum atomic E-state index is -0.190. The van der Waals surface area contributed by atoms with Gasteiger partial charge in [-0.05, 0) is 25.0 Å². The van der Waals surface area contributed by atoms with E-state index in [-0.39, 0.29) is 5.97 Å². The van der Waals surface area contributed by atoms with Crippen LogP contribution in [0.1, 0.15) is 122 Å². The fourth-order valence-corrected chi connectivity index (χ4v) is 3.77. The van der Waals surface area contributed by atoms with Crippen LogP contribution in [0.3, 0.4) is 0 Å². The summed E-state index contributed by atoms with van der Waals surface area (Å²) in [4.78, 5) is 11.7. The van der Waals surface area contributed by atoms with Crippen molar-refractivity contribution in [3.8, 4) is 5.75 Å². The normalized spacial score (nSPS) is 11.2. The van der Waals surface area contributed by atoms with E-state index in [4.69, 9.17) is 4.74 Å². The van der Waals surface area contributed by atoms with Crippen LogP contribution in [-0.4, -0.2) is 5.97 Å². The molecule has 1 aromatic rings. The SMILES string of the molecule is CCCCCCCCCCCCCCCCCC/C=C/CC(=O)Oc1ccccc1. The van der Waals surface area contributed by atoms with E-state index in [1.807, 2.05) is 24.3 Å². The Hall–Kier alpha value is -1.57. The Kier molecular flexibility index (Phi) is 18.3. The first-order valence-electron chi connectivity index (χ1n) is 12.7. The first-order valence-corrected chi connectivity index (χ1v) is 12.7. The topological polar surface area (TPSA) is 26.3 Å². The van der Waals surface area contributed by atoms with Crippen LogP contribution in [0.25, 0.3) is 0 Å². The lowest BCUT2D eigenvalue weighted by molar-refractivity contribution is -0.133. The third kappa shape index (κ3) is 17.3. The molecule has 0 aromatic heterocycles. The van der Waals surface area contributed by atoms with Crippen molar-refractivity contribution < 1.29 is 9.53 Å². The number of allylic oxidation sites excluding steroid dienone is 1. The van der Waals surface area contributed by atoms with E-state index in [1.54, 1.807) is 12.1 Å². The van der Waals surface area contributed by atoms with Crippen molar-refractivity contribution in [2.75, 3.05) is 0 Å². The maximum Gasteiger partial charge on any atom is 0.315 e. The van der Waals surface area contributed by atoms with Crippen molar-refractivity contribution in [3.05, 3.63) is 42.5 Å². The lowest BCUT2D eigenvalue weighted by Gasteiger charge is -2.03. The zero-order valence-electron chi connectivity index (χ0n) is 19.6. The number of hydrogen-bond acceptors (Lipinski definition) is 2. The maximum absolute atomic E-state index is 11.7. The molecule has 0 aliphatic rings. The molecular weight excluding hydrogens is 368 g/mol. The van der Waals surface area contributed by atoms with Crippen molar-refractivity contribution in [2.45, 2.75) is 122 Å². The molecule has 1 aromatic carbocycles. The number of benzene rings is 1. The molecule has 30 heavy (non-hydrogen) atoms. The molecule has 0 aliphatic carbocycles. The van der Waals surface area contributed by atoms with E-state index >= 15 is 0 Å². The fourth-order valence-electron chi connectivity index (χ4n) is 3.77. The Morgan fingerprint density at radius 2 is 1.13 bits per heavy atom. The molecule has 170 valence electrons. The highest BCUT2D eigenvalue weighted by molar-refractivity contribution is 5.73. The lowest BCUT2D eigenvalue weighted by Crippen LogP contribution is -2.05. The van der Waals surface area contributed by atoms with Gasteiger partial charge in [0, 0.05) is 0 Å². The Morgan fingerprint density at radius 3 is 1.63 bits per heavy atom. The first-order chi connectivity index (χ1) is 14.8. The quantitative estimate of drug-likeness (QED) is 0.0919. The molecule has 1 rings (SSSR count). The van der Waals surface area contributed by atoms with E-state index in [0.717, 1.165) is 6.42 Å². The zero-order valence-corrected chi connectivity index (χ0v) is 19.6. The lowest BCUT2D eigenvalue weighted by atomic mass is 10.0. The predicted molar refractivity (Wildman–Crippen MR) is 130 cm³/mol. The molecule has 0 bridgehead atoms. The highest BCUT2D eigenvalue weighted by atomic mass is 16.5. The molecule has 0 fully saturated rings. The average molecular weight is 415 g/mol. The number of carbonyl (C=O) groups is 1. The van der Waals surface area contributed by atoms with Crippen LogP contribution < -0.4 is 4.74 Å². The van der Waals surface area contributed by atoms with Gasteiger partial charge in [0.05, 0.1) is 6.42 Å². The van der Waals surface area contributed by atoms with E-state index in [9.17, 15) is 4.79 Å². The third-order valence-corrected chi connectivity index (χ3v) is 5.65. The molecule has 0 amide bonds. The smallest absolute Gasteiger partial charge is 0.315 e. The Bertz CT molecular complexity index is 521. The zero-order chi connectivity index (χ0) is 21.5. The molecule has 0 N–H and O–H groups in total. The molecular formula is C28H46O2. The number of esters is 1. The molecule has 2 nitrogen and oxygen atoms in total. The first kappa shape index (κ1) is 26.5. The van der Waals surface area contributed by atoms with Gasteiger partial charge in [0.1, 0.15) is 5.75 Å². The molecule has 0 saturated carbocycles. The third-order valence-electron chi connectivity index (χ3n) is 5.65. The van der Waals surface area contributed by atoms with Crippen molar-refractivity contribution in [3.63, 3.8) is 0 Å². The fraction of sp³-hybridized carbons (Fsp3) is 0.679. The molecule has 0 saturated heterocycles. The summed E-state index contributed by atoms with van der Waals surface area (Å²) in [7, 11) is 0. The van der Waals surface area contributed by atoms with Crippen LogP contribution in [0.15, 0.2) is 42.5 Å². The van der Waals surface area contributed by atoms with Crippen LogP contribution in [-0.2, 0) is 4.79 Å². The highest BCUT2D eigenvalue weighted by Gasteiger charge is 2.01. The molecule has 2 heteroatoms.